The van der Waals surface area contributed by atoms with E-state index in [1.807, 2.05) is 48.5 Å². The van der Waals surface area contributed by atoms with Gasteiger partial charge in [-0.05, 0) is 131 Å². The summed E-state index contributed by atoms with van der Waals surface area (Å²) in [5.41, 5.74) is 11.6. The zero-order valence-electron chi connectivity index (χ0n) is 32.6. The fourth-order valence-corrected chi connectivity index (χ4v) is 7.76. The van der Waals surface area contributed by atoms with E-state index in [1.54, 1.807) is 0 Å². The molecule has 0 aliphatic carbocycles. The lowest BCUT2D eigenvalue weighted by atomic mass is 9.74. The number of rotatable bonds is 14. The molecule has 0 aromatic heterocycles. The first kappa shape index (κ1) is 37.8. The summed E-state index contributed by atoms with van der Waals surface area (Å²) in [6.45, 7) is 9.15. The highest BCUT2D eigenvalue weighted by Gasteiger charge is 2.29. The smallest absolute Gasteiger partial charge is 0.150 e. The normalized spacial score (nSPS) is 11.5. The van der Waals surface area contributed by atoms with Gasteiger partial charge in [-0.15, -0.1) is 0 Å². The predicted octanol–water partition coefficient (Wildman–Crippen LogP) is 13.3. The first-order valence-corrected chi connectivity index (χ1v) is 19.2. The summed E-state index contributed by atoms with van der Waals surface area (Å²) in [5.74, 6) is 0. The minimum absolute atomic E-state index is 0.290. The zero-order valence-corrected chi connectivity index (χ0v) is 32.6. The monoisotopic (exact) mass is 732 g/mol. The van der Waals surface area contributed by atoms with E-state index in [2.05, 4.69) is 171 Å². The molecule has 0 saturated carbocycles. The number of hydrogen-bond donors (Lipinski definition) is 0. The van der Waals surface area contributed by atoms with Crippen molar-refractivity contribution in [3.63, 3.8) is 0 Å². The average Bonchev–Trinajstić information content (AvgIpc) is 3.23. The molecule has 4 heteroatoms. The van der Waals surface area contributed by atoms with E-state index in [0.717, 1.165) is 57.8 Å². The maximum absolute atomic E-state index is 12.2. The van der Waals surface area contributed by atoms with E-state index in [1.165, 1.54) is 11.1 Å². The van der Waals surface area contributed by atoms with E-state index in [-0.39, 0.29) is 10.8 Å². The van der Waals surface area contributed by atoms with Crippen LogP contribution in [0.3, 0.4) is 0 Å². The molecule has 0 atom stereocenters. The predicted molar refractivity (Wildman–Crippen MR) is 233 cm³/mol. The van der Waals surface area contributed by atoms with Crippen molar-refractivity contribution in [3.05, 3.63) is 215 Å². The molecule has 0 spiro atoms. The summed E-state index contributed by atoms with van der Waals surface area (Å²) in [6.07, 6.45) is 3.28. The van der Waals surface area contributed by atoms with Crippen molar-refractivity contribution in [1.82, 2.24) is 0 Å². The van der Waals surface area contributed by atoms with Gasteiger partial charge in [0.2, 0.25) is 0 Å². The van der Waals surface area contributed by atoms with Crippen molar-refractivity contribution >= 4 is 46.7 Å². The molecule has 0 fully saturated rings. The molecule has 0 unspecified atom stereocenters. The van der Waals surface area contributed by atoms with E-state index >= 15 is 0 Å². The largest absolute Gasteiger partial charge is 0.310 e. The van der Waals surface area contributed by atoms with Crippen LogP contribution in [-0.2, 0) is 23.7 Å². The van der Waals surface area contributed by atoms with Crippen LogP contribution in [-0.4, -0.2) is 12.6 Å². The molecule has 0 heterocycles. The molecule has 0 aliphatic heterocycles. The summed E-state index contributed by atoms with van der Waals surface area (Å²) in [4.78, 5) is 28.9. The Bertz CT molecular complexity index is 2160. The van der Waals surface area contributed by atoms with Gasteiger partial charge in [0, 0.05) is 45.3 Å². The van der Waals surface area contributed by atoms with Gasteiger partial charge >= 0.3 is 0 Å². The van der Waals surface area contributed by atoms with Gasteiger partial charge in [-0.25, -0.2) is 0 Å². The number of carbonyl (C=O) groups excluding carboxylic acids is 2. The number of anilines is 6. The van der Waals surface area contributed by atoms with E-state index in [9.17, 15) is 9.59 Å². The van der Waals surface area contributed by atoms with Crippen LogP contribution in [0.2, 0.25) is 0 Å². The Hall–Kier alpha value is -6.52. The molecular weight excluding hydrogens is 685 g/mol. The van der Waals surface area contributed by atoms with Crippen LogP contribution in [0.25, 0.3) is 0 Å². The van der Waals surface area contributed by atoms with Gasteiger partial charge < -0.3 is 9.80 Å². The Morgan fingerprint density at radius 2 is 0.714 bits per heavy atom. The van der Waals surface area contributed by atoms with Crippen molar-refractivity contribution in [1.29, 1.82) is 0 Å². The first-order valence-electron chi connectivity index (χ1n) is 19.2. The maximum Gasteiger partial charge on any atom is 0.150 e. The minimum atomic E-state index is -0.290. The zero-order chi connectivity index (χ0) is 39.1. The van der Waals surface area contributed by atoms with Crippen LogP contribution < -0.4 is 9.80 Å². The molecule has 0 saturated heterocycles. The Kier molecular flexibility index (Phi) is 11.1. The topological polar surface area (TPSA) is 40.6 Å². The third-order valence-corrected chi connectivity index (χ3v) is 10.7. The molecule has 56 heavy (non-hydrogen) atoms. The number of hydrogen-bond acceptors (Lipinski definition) is 4. The SMILES string of the molecule is CC(C)(Cc1cc(C=O)ccc1N(c1ccccc1)c1ccccc1)c1cccc(C(C)(C)Cc2cc(C=O)ccc2N(c2ccccc2)c2ccccc2)c1. The summed E-state index contributed by atoms with van der Waals surface area (Å²) < 4.78 is 0. The molecule has 7 aromatic carbocycles. The molecule has 7 rings (SSSR count). The maximum atomic E-state index is 12.2. The van der Waals surface area contributed by atoms with Gasteiger partial charge in [-0.1, -0.05) is 125 Å². The minimum Gasteiger partial charge on any atom is -0.310 e. The number of aldehydes is 2. The highest BCUT2D eigenvalue weighted by Crippen LogP contribution is 2.42. The van der Waals surface area contributed by atoms with Crippen molar-refractivity contribution in [2.75, 3.05) is 9.80 Å². The summed E-state index contributed by atoms with van der Waals surface area (Å²) >= 11 is 0. The Balaban J connectivity index is 1.25. The molecule has 0 bridgehead atoms. The van der Waals surface area contributed by atoms with Crippen LogP contribution in [0.4, 0.5) is 34.1 Å². The van der Waals surface area contributed by atoms with Crippen molar-refractivity contribution in [2.45, 2.75) is 51.4 Å². The summed E-state index contributed by atoms with van der Waals surface area (Å²) in [7, 11) is 0. The van der Waals surface area contributed by atoms with Gasteiger partial charge in [0.05, 0.1) is 0 Å². The second-order valence-electron chi connectivity index (χ2n) is 15.7. The molecule has 0 amide bonds. The van der Waals surface area contributed by atoms with Crippen LogP contribution >= 0.6 is 0 Å². The average molecular weight is 733 g/mol. The number of para-hydroxylation sites is 4. The second-order valence-corrected chi connectivity index (χ2v) is 15.7. The standard InChI is InChI=1S/C52H48N2O2/c1-51(2,35-41-32-39(37-55)28-30-49(41)53(45-20-9-5-10-21-45)46-22-11-6-12-23-46)43-18-17-19-44(34-43)52(3,4)36-42-33-40(38-56)29-31-50(42)54(47-24-13-7-14-25-47)48-26-15-8-16-27-48/h5-34,37-38H,35-36H2,1-4H3. The quantitative estimate of drug-likeness (QED) is 0.104. The second kappa shape index (κ2) is 16.5. The van der Waals surface area contributed by atoms with Gasteiger partial charge in [0.25, 0.3) is 0 Å². The molecule has 7 aromatic rings. The van der Waals surface area contributed by atoms with Crippen molar-refractivity contribution < 1.29 is 9.59 Å². The van der Waals surface area contributed by atoms with Gasteiger partial charge in [0.15, 0.2) is 0 Å². The Labute approximate surface area is 331 Å². The Morgan fingerprint density at radius 3 is 1.02 bits per heavy atom. The molecule has 278 valence electrons. The summed E-state index contributed by atoms with van der Waals surface area (Å²) in [5, 5.41) is 0. The van der Waals surface area contributed by atoms with Crippen LogP contribution in [0.1, 0.15) is 70.7 Å². The number of benzene rings is 7. The molecule has 0 aliphatic rings. The number of carbonyl (C=O) groups is 2. The summed E-state index contributed by atoms with van der Waals surface area (Å²) in [6, 6.07) is 62.6. The third kappa shape index (κ3) is 8.25. The molecule has 0 N–H and O–H groups in total. The van der Waals surface area contributed by atoms with Gasteiger partial charge in [-0.3, -0.25) is 9.59 Å². The van der Waals surface area contributed by atoms with Gasteiger partial charge in [-0.2, -0.15) is 0 Å². The first-order chi connectivity index (χ1) is 27.2. The van der Waals surface area contributed by atoms with Crippen LogP contribution in [0, 0.1) is 0 Å². The van der Waals surface area contributed by atoms with E-state index in [0.29, 0.717) is 24.0 Å². The fourth-order valence-electron chi connectivity index (χ4n) is 7.76. The van der Waals surface area contributed by atoms with Crippen molar-refractivity contribution in [3.8, 4) is 0 Å². The lowest BCUT2D eigenvalue weighted by Crippen LogP contribution is -2.26. The Morgan fingerprint density at radius 1 is 0.393 bits per heavy atom. The molecule has 0 radical (unpaired) electrons. The highest BCUT2D eigenvalue weighted by atomic mass is 16.1. The van der Waals surface area contributed by atoms with Gasteiger partial charge in [0.1, 0.15) is 12.6 Å². The van der Waals surface area contributed by atoms with E-state index < -0.39 is 0 Å². The number of nitrogens with zero attached hydrogens (tertiary/aromatic N) is 2. The van der Waals surface area contributed by atoms with Crippen LogP contribution in [0.5, 0.6) is 0 Å². The van der Waals surface area contributed by atoms with Crippen LogP contribution in [0.15, 0.2) is 182 Å². The molecule has 4 nitrogen and oxygen atoms in total. The van der Waals surface area contributed by atoms with E-state index in [4.69, 9.17) is 0 Å². The van der Waals surface area contributed by atoms with Crippen molar-refractivity contribution in [2.24, 2.45) is 0 Å². The fraction of sp³-hybridized carbons (Fsp3) is 0.154. The highest BCUT2D eigenvalue weighted by molar-refractivity contribution is 5.84. The lowest BCUT2D eigenvalue weighted by molar-refractivity contribution is 0.111. The molecular formula is C52H48N2O2. The lowest BCUT2D eigenvalue weighted by Gasteiger charge is -2.34. The third-order valence-electron chi connectivity index (χ3n) is 10.7.